The summed E-state index contributed by atoms with van der Waals surface area (Å²) in [6.07, 6.45) is -2.18. The number of benzene rings is 2. The van der Waals surface area contributed by atoms with Gasteiger partial charge in [-0.05, 0) is 61.0 Å². The first-order chi connectivity index (χ1) is 20.8. The van der Waals surface area contributed by atoms with Gasteiger partial charge in [0.2, 0.25) is 5.91 Å². The molecule has 44 heavy (non-hydrogen) atoms. The predicted octanol–water partition coefficient (Wildman–Crippen LogP) is 6.00. The van der Waals surface area contributed by atoms with Gasteiger partial charge in [-0.1, -0.05) is 42.4 Å². The Hall–Kier alpha value is -4.68. The lowest BCUT2D eigenvalue weighted by Crippen LogP contribution is -2.47. The van der Waals surface area contributed by atoms with Crippen molar-refractivity contribution in [1.82, 2.24) is 19.8 Å². The topological polar surface area (TPSA) is 119 Å². The normalized spacial score (nSPS) is 13.6. The number of likely N-dealkylation sites (N-methyl/N-ethyl adjacent to an activating group) is 1. The van der Waals surface area contributed by atoms with E-state index in [1.807, 2.05) is 54.3 Å². The van der Waals surface area contributed by atoms with Crippen molar-refractivity contribution in [3.05, 3.63) is 83.5 Å². The number of rotatable bonds is 5. The summed E-state index contributed by atoms with van der Waals surface area (Å²) in [6, 6.07) is 15.3. The number of pyridine rings is 1. The van der Waals surface area contributed by atoms with Crippen LogP contribution in [0.25, 0.3) is 33.4 Å². The van der Waals surface area contributed by atoms with Crippen LogP contribution < -0.4 is 5.32 Å². The third kappa shape index (κ3) is 7.26. The molecule has 2 aromatic carbocycles. The summed E-state index contributed by atoms with van der Waals surface area (Å²) in [4.78, 5) is 46.3. The summed E-state index contributed by atoms with van der Waals surface area (Å²) in [5.41, 5.74) is 6.24. The van der Waals surface area contributed by atoms with E-state index < -0.39 is 12.1 Å². The van der Waals surface area contributed by atoms with Crippen LogP contribution in [0, 0.1) is 6.92 Å². The zero-order valence-electron chi connectivity index (χ0n) is 23.8. The maximum atomic E-state index is 13.3. The Balaban J connectivity index is 0.000000566. The molecule has 0 radical (unpaired) electrons. The molecule has 4 aromatic rings. The van der Waals surface area contributed by atoms with Gasteiger partial charge in [-0.15, -0.1) is 0 Å². The van der Waals surface area contributed by atoms with Crippen LogP contribution in [-0.4, -0.2) is 82.1 Å². The average molecular weight is 628 g/mol. The maximum absolute atomic E-state index is 13.3. The second kappa shape index (κ2) is 13.3. The van der Waals surface area contributed by atoms with Gasteiger partial charge in [-0.25, -0.2) is 9.78 Å². The quantitative estimate of drug-likeness (QED) is 0.234. The van der Waals surface area contributed by atoms with E-state index in [2.05, 4.69) is 33.8 Å². The number of halogens is 4. The Morgan fingerprint density at radius 2 is 1.75 bits per heavy atom. The number of nitrogens with one attached hydrogen (secondary N) is 2. The number of H-pyrrole nitrogens is 1. The summed E-state index contributed by atoms with van der Waals surface area (Å²) < 4.78 is 31.7. The van der Waals surface area contributed by atoms with E-state index in [-0.39, 0.29) is 11.8 Å². The summed E-state index contributed by atoms with van der Waals surface area (Å²) >= 11 is 6.68. The largest absolute Gasteiger partial charge is 0.490 e. The Morgan fingerprint density at radius 1 is 1.07 bits per heavy atom. The number of anilines is 1. The average Bonchev–Trinajstić information content (AvgIpc) is 3.39. The van der Waals surface area contributed by atoms with Crippen LogP contribution in [0.4, 0.5) is 18.9 Å². The van der Waals surface area contributed by atoms with Crippen LogP contribution in [-0.2, 0) is 9.59 Å². The number of hydrogen-bond donors (Lipinski definition) is 3. The number of aromatic nitrogens is 2. The van der Waals surface area contributed by atoms with Crippen molar-refractivity contribution >= 4 is 46.1 Å². The van der Waals surface area contributed by atoms with Crippen LogP contribution in [0.1, 0.15) is 15.9 Å². The molecule has 0 unspecified atom stereocenters. The molecule has 2 amide bonds. The monoisotopic (exact) mass is 627 g/mol. The van der Waals surface area contributed by atoms with Crippen LogP contribution in [0.5, 0.6) is 0 Å². The van der Waals surface area contributed by atoms with E-state index in [1.54, 1.807) is 12.3 Å². The van der Waals surface area contributed by atoms with Gasteiger partial charge in [0, 0.05) is 54.6 Å². The summed E-state index contributed by atoms with van der Waals surface area (Å²) in [5.74, 6) is -3.02. The van der Waals surface area contributed by atoms with Crippen molar-refractivity contribution < 1.29 is 32.7 Å². The zero-order chi connectivity index (χ0) is 32.2. The molecule has 0 saturated carbocycles. The van der Waals surface area contributed by atoms with Gasteiger partial charge >= 0.3 is 12.1 Å². The number of carbonyl (C=O) groups is 3. The van der Waals surface area contributed by atoms with Crippen molar-refractivity contribution in [1.29, 1.82) is 0 Å². The fourth-order valence-corrected chi connectivity index (χ4v) is 4.92. The summed E-state index contributed by atoms with van der Waals surface area (Å²) in [7, 11) is 2.07. The van der Waals surface area contributed by atoms with Crippen molar-refractivity contribution in [3.63, 3.8) is 0 Å². The minimum atomic E-state index is -5.08. The van der Waals surface area contributed by atoms with Gasteiger partial charge in [-0.2, -0.15) is 13.2 Å². The molecule has 0 atom stereocenters. The Morgan fingerprint density at radius 3 is 2.39 bits per heavy atom. The van der Waals surface area contributed by atoms with E-state index in [9.17, 15) is 22.8 Å². The molecular formula is C31H29ClF3N5O4. The molecule has 230 valence electrons. The summed E-state index contributed by atoms with van der Waals surface area (Å²) in [5, 5.41) is 11.3. The van der Waals surface area contributed by atoms with Crippen molar-refractivity contribution in [2.45, 2.75) is 13.1 Å². The van der Waals surface area contributed by atoms with Gasteiger partial charge in [-0.3, -0.25) is 9.59 Å². The molecule has 3 N–H and O–H groups in total. The van der Waals surface area contributed by atoms with Crippen LogP contribution in [0.3, 0.4) is 0 Å². The lowest BCUT2D eigenvalue weighted by Gasteiger charge is -2.32. The molecule has 0 spiro atoms. The molecule has 0 aliphatic carbocycles. The number of aryl methyl sites for hydroxylation is 1. The molecular weight excluding hydrogens is 599 g/mol. The number of fused-ring (bicyclic) bond motifs is 1. The Kier molecular flexibility index (Phi) is 9.75. The number of nitrogens with zero attached hydrogens (tertiary/aromatic N) is 3. The summed E-state index contributed by atoms with van der Waals surface area (Å²) in [6.45, 7) is 8.62. The number of carboxylic acid groups (broad SMARTS) is 1. The minimum Gasteiger partial charge on any atom is -0.475 e. The lowest BCUT2D eigenvalue weighted by atomic mass is 9.96. The molecule has 1 aliphatic heterocycles. The molecule has 13 heteroatoms. The lowest BCUT2D eigenvalue weighted by molar-refractivity contribution is -0.192. The number of alkyl halides is 3. The van der Waals surface area contributed by atoms with Gasteiger partial charge in [0.15, 0.2) is 0 Å². The molecule has 1 saturated heterocycles. The van der Waals surface area contributed by atoms with E-state index in [0.29, 0.717) is 35.0 Å². The first-order valence-electron chi connectivity index (χ1n) is 13.4. The fourth-order valence-electron chi connectivity index (χ4n) is 4.68. The van der Waals surface area contributed by atoms with Crippen molar-refractivity contribution in [2.75, 3.05) is 38.5 Å². The molecule has 5 rings (SSSR count). The third-order valence-electron chi connectivity index (χ3n) is 7.04. The third-order valence-corrected chi connectivity index (χ3v) is 7.36. The standard InChI is InChI=1S/C29H28ClN5O2.C2HF3O2/c1-4-24(36)32-23-17-19(9-8-18(23)2)25-26-22(30)10-11-31-28(26)33-27(25)20-6-5-7-21(16-20)29(37)35-14-12-34(3)13-15-35;3-2(4,5)1(6)7/h4-11,16-17H,1,12-15H2,2-3H3,(H,31,33)(H,32,36);(H,6,7). The fraction of sp³-hybridized carbons (Fsp3) is 0.226. The van der Waals surface area contributed by atoms with Crippen LogP contribution in [0.2, 0.25) is 5.02 Å². The number of carboxylic acids is 1. The second-order valence-corrected chi connectivity index (χ2v) is 10.5. The van der Waals surface area contributed by atoms with E-state index in [1.165, 1.54) is 6.08 Å². The molecule has 2 aromatic heterocycles. The minimum absolute atomic E-state index is 0.0218. The zero-order valence-corrected chi connectivity index (χ0v) is 24.6. The first kappa shape index (κ1) is 32.2. The molecule has 1 aliphatic rings. The van der Waals surface area contributed by atoms with E-state index in [4.69, 9.17) is 21.5 Å². The highest BCUT2D eigenvalue weighted by molar-refractivity contribution is 6.37. The Bertz CT molecular complexity index is 1730. The number of carbonyl (C=O) groups excluding carboxylic acids is 2. The number of aromatic amines is 1. The van der Waals surface area contributed by atoms with Gasteiger partial charge in [0.25, 0.3) is 5.91 Å². The Labute approximate surface area is 255 Å². The highest BCUT2D eigenvalue weighted by atomic mass is 35.5. The maximum Gasteiger partial charge on any atom is 0.490 e. The SMILES string of the molecule is C=CC(=O)Nc1cc(-c2c(-c3cccc(C(=O)N4CCN(C)CC4)c3)[nH]c3nccc(Cl)c23)ccc1C.O=C(O)C(F)(F)F. The highest BCUT2D eigenvalue weighted by Crippen LogP contribution is 2.42. The predicted molar refractivity (Wildman–Crippen MR) is 163 cm³/mol. The molecule has 9 nitrogen and oxygen atoms in total. The van der Waals surface area contributed by atoms with Gasteiger partial charge < -0.3 is 25.2 Å². The number of hydrogen-bond acceptors (Lipinski definition) is 5. The van der Waals surface area contributed by atoms with Crippen molar-refractivity contribution in [3.8, 4) is 22.4 Å². The number of aliphatic carboxylic acids is 1. The smallest absolute Gasteiger partial charge is 0.475 e. The van der Waals surface area contributed by atoms with E-state index >= 15 is 0 Å². The second-order valence-electron chi connectivity index (χ2n) is 10.1. The van der Waals surface area contributed by atoms with E-state index in [0.717, 1.165) is 46.4 Å². The van der Waals surface area contributed by atoms with Gasteiger partial charge in [0.05, 0.1) is 10.7 Å². The molecule has 0 bridgehead atoms. The number of amides is 2. The molecule has 1 fully saturated rings. The highest BCUT2D eigenvalue weighted by Gasteiger charge is 2.38. The van der Waals surface area contributed by atoms with Crippen LogP contribution in [0.15, 0.2) is 67.4 Å². The number of piperazine rings is 1. The first-order valence-corrected chi connectivity index (χ1v) is 13.8. The van der Waals surface area contributed by atoms with Crippen LogP contribution >= 0.6 is 11.6 Å². The van der Waals surface area contributed by atoms with Crippen molar-refractivity contribution in [2.24, 2.45) is 0 Å². The van der Waals surface area contributed by atoms with Gasteiger partial charge in [0.1, 0.15) is 5.65 Å². The molecule has 3 heterocycles.